The molecule has 2 N–H and O–H groups in total. The van der Waals surface area contributed by atoms with Crippen LogP contribution in [0.25, 0.3) is 28.2 Å². The van der Waals surface area contributed by atoms with E-state index in [0.717, 1.165) is 43.3 Å². The number of hydrogen-bond donors (Lipinski definition) is 2. The maximum Gasteiger partial charge on any atom is 0.265 e. The lowest BCUT2D eigenvalue weighted by atomic mass is 10.0. The van der Waals surface area contributed by atoms with Gasteiger partial charge in [-0.25, -0.2) is 0 Å². The molecule has 1 aliphatic rings. The van der Waals surface area contributed by atoms with Gasteiger partial charge in [-0.15, -0.1) is 0 Å². The van der Waals surface area contributed by atoms with E-state index in [1.165, 1.54) is 5.56 Å². The van der Waals surface area contributed by atoms with Crippen LogP contribution in [0.5, 0.6) is 0 Å². The molecule has 4 aromatic rings. The molecule has 45 heavy (non-hydrogen) atoms. The molecule has 0 amide bonds. The van der Waals surface area contributed by atoms with Crippen LogP contribution in [0.3, 0.4) is 0 Å². The highest BCUT2D eigenvalue weighted by Crippen LogP contribution is 2.48. The molecule has 0 fully saturated rings. The standard InChI is InChI=1S/C34H37NO7S3/c1-4-25(21-34-35(15-8-9-16-44(36,37)38)30-18-23(2)24(3)19-33(30)43-34)20-32-28(14-17-45(39,40)41)29-22-27(12-13-31(29)42-32)26-10-6-5-7-11-26/h5-7,10-13,18-22H,4,8-9,14-17H2,1-3H3,(H,36,37,38)(H,39,40,41)/b25-20+,34-21-. The Balaban J connectivity index is 1.54. The Morgan fingerprint density at radius 1 is 0.889 bits per heavy atom. The third-order valence-electron chi connectivity index (χ3n) is 7.95. The van der Waals surface area contributed by atoms with Gasteiger partial charge in [-0.05, 0) is 104 Å². The van der Waals surface area contributed by atoms with E-state index in [2.05, 4.69) is 37.0 Å². The van der Waals surface area contributed by atoms with Crippen molar-refractivity contribution in [3.63, 3.8) is 0 Å². The van der Waals surface area contributed by atoms with Crippen molar-refractivity contribution in [1.82, 2.24) is 0 Å². The van der Waals surface area contributed by atoms with Crippen molar-refractivity contribution in [2.24, 2.45) is 0 Å². The van der Waals surface area contributed by atoms with E-state index >= 15 is 0 Å². The number of thioether (sulfide) groups is 1. The summed E-state index contributed by atoms with van der Waals surface area (Å²) in [5, 5.41) is 1.78. The highest BCUT2D eigenvalue weighted by Gasteiger charge is 2.26. The molecule has 1 aromatic heterocycles. The molecule has 0 saturated carbocycles. The number of unbranched alkanes of at least 4 members (excludes halogenated alkanes) is 1. The number of aryl methyl sites for hydroxylation is 3. The Bertz CT molecular complexity index is 1990. The van der Waals surface area contributed by atoms with E-state index in [-0.39, 0.29) is 12.2 Å². The highest BCUT2D eigenvalue weighted by atomic mass is 32.2. The van der Waals surface area contributed by atoms with Crippen molar-refractivity contribution in [3.05, 3.63) is 99.8 Å². The minimum absolute atomic E-state index is 0.0854. The second-order valence-electron chi connectivity index (χ2n) is 11.3. The number of rotatable bonds is 12. The fourth-order valence-electron chi connectivity index (χ4n) is 5.40. The minimum atomic E-state index is -4.20. The SMILES string of the molecule is CCC(/C=C1\Sc2cc(C)c(C)cc2N1CCCCS(=O)(=O)O)=C\c1oc2ccc(-c3ccccc3)cc2c1CCS(=O)(=O)O. The Hall–Kier alpha value is -3.35. The van der Waals surface area contributed by atoms with Crippen molar-refractivity contribution in [1.29, 1.82) is 0 Å². The summed E-state index contributed by atoms with van der Waals surface area (Å²) >= 11 is 1.64. The number of fused-ring (bicyclic) bond motifs is 2. The van der Waals surface area contributed by atoms with Crippen LogP contribution in [0, 0.1) is 13.8 Å². The van der Waals surface area contributed by atoms with Crippen molar-refractivity contribution < 1.29 is 30.4 Å². The molecule has 2 heterocycles. The molecule has 8 nitrogen and oxygen atoms in total. The lowest BCUT2D eigenvalue weighted by molar-refractivity contribution is 0.479. The molecule has 3 aromatic carbocycles. The Morgan fingerprint density at radius 3 is 2.29 bits per heavy atom. The number of allylic oxidation sites excluding steroid dienone is 2. The van der Waals surface area contributed by atoms with Gasteiger partial charge in [-0.1, -0.05) is 55.1 Å². The Kier molecular flexibility index (Phi) is 9.95. The Morgan fingerprint density at radius 2 is 1.60 bits per heavy atom. The smallest absolute Gasteiger partial charge is 0.265 e. The van der Waals surface area contributed by atoms with Gasteiger partial charge in [0.2, 0.25) is 0 Å². The van der Waals surface area contributed by atoms with Crippen molar-refractivity contribution >= 4 is 54.7 Å². The lowest BCUT2D eigenvalue weighted by Crippen LogP contribution is -2.20. The van der Waals surface area contributed by atoms with E-state index in [4.69, 9.17) is 4.42 Å². The van der Waals surface area contributed by atoms with Crippen LogP contribution in [0.4, 0.5) is 5.69 Å². The molecule has 0 radical (unpaired) electrons. The number of nitrogens with zero attached hydrogens (tertiary/aromatic N) is 1. The number of benzene rings is 3. The van der Waals surface area contributed by atoms with E-state index in [1.54, 1.807) is 11.8 Å². The third kappa shape index (κ3) is 8.28. The van der Waals surface area contributed by atoms with Crippen LogP contribution >= 0.6 is 11.8 Å². The summed E-state index contributed by atoms with van der Waals surface area (Å²) in [5.41, 5.74) is 7.69. The second kappa shape index (κ2) is 13.6. The zero-order valence-corrected chi connectivity index (χ0v) is 27.9. The molecule has 0 unspecified atom stereocenters. The fourth-order valence-corrected chi connectivity index (χ4v) is 7.68. The van der Waals surface area contributed by atoms with Crippen LogP contribution in [-0.2, 0) is 26.7 Å². The van der Waals surface area contributed by atoms with E-state index in [1.807, 2.05) is 61.5 Å². The van der Waals surface area contributed by atoms with Gasteiger partial charge in [0.15, 0.2) is 0 Å². The van der Waals surface area contributed by atoms with Crippen LogP contribution in [0.1, 0.15) is 48.6 Å². The van der Waals surface area contributed by atoms with Crippen LogP contribution < -0.4 is 4.90 Å². The maximum absolute atomic E-state index is 11.8. The van der Waals surface area contributed by atoms with Crippen molar-refractivity contribution in [2.75, 3.05) is 23.0 Å². The first-order chi connectivity index (χ1) is 21.3. The average molecular weight is 668 g/mol. The summed E-state index contributed by atoms with van der Waals surface area (Å²) < 4.78 is 71.2. The summed E-state index contributed by atoms with van der Waals surface area (Å²) in [4.78, 5) is 3.30. The van der Waals surface area contributed by atoms with Gasteiger partial charge < -0.3 is 9.32 Å². The molecule has 11 heteroatoms. The molecule has 0 saturated heterocycles. The largest absolute Gasteiger partial charge is 0.456 e. The van der Waals surface area contributed by atoms with Gasteiger partial charge >= 0.3 is 0 Å². The summed E-state index contributed by atoms with van der Waals surface area (Å²) in [6.07, 6.45) is 5.69. The number of furan rings is 1. The van der Waals surface area contributed by atoms with Crippen LogP contribution in [-0.4, -0.2) is 44.0 Å². The predicted octanol–water partition coefficient (Wildman–Crippen LogP) is 8.06. The van der Waals surface area contributed by atoms with Gasteiger partial charge in [0.1, 0.15) is 11.3 Å². The zero-order valence-electron chi connectivity index (χ0n) is 25.5. The minimum Gasteiger partial charge on any atom is -0.456 e. The summed E-state index contributed by atoms with van der Waals surface area (Å²) in [6.45, 7) is 6.75. The van der Waals surface area contributed by atoms with Crippen molar-refractivity contribution in [2.45, 2.75) is 51.3 Å². The third-order valence-corrected chi connectivity index (χ3v) is 10.6. The molecule has 0 bridgehead atoms. The van der Waals surface area contributed by atoms with Gasteiger partial charge in [0.25, 0.3) is 20.2 Å². The predicted molar refractivity (Wildman–Crippen MR) is 183 cm³/mol. The van der Waals surface area contributed by atoms with Gasteiger partial charge in [0, 0.05) is 22.4 Å². The monoisotopic (exact) mass is 667 g/mol. The number of anilines is 1. The second-order valence-corrected chi connectivity index (χ2v) is 15.5. The molecular weight excluding hydrogens is 631 g/mol. The summed E-state index contributed by atoms with van der Waals surface area (Å²) in [7, 11) is -8.23. The molecule has 0 spiro atoms. The molecule has 0 atom stereocenters. The fraction of sp³-hybridized carbons (Fsp3) is 0.294. The zero-order chi connectivity index (χ0) is 32.4. The summed E-state index contributed by atoms with van der Waals surface area (Å²) in [6, 6.07) is 20.1. The van der Waals surface area contributed by atoms with Crippen molar-refractivity contribution in [3.8, 4) is 11.1 Å². The lowest BCUT2D eigenvalue weighted by Gasteiger charge is -2.21. The first-order valence-corrected chi connectivity index (χ1v) is 18.8. The Labute approximate surface area is 269 Å². The average Bonchev–Trinajstić information content (AvgIpc) is 3.49. The van der Waals surface area contributed by atoms with Gasteiger partial charge in [0.05, 0.1) is 22.2 Å². The molecule has 5 rings (SSSR count). The molecular formula is C34H37NO7S3. The topological polar surface area (TPSA) is 125 Å². The van der Waals surface area contributed by atoms with Crippen LogP contribution in [0.15, 0.2) is 86.7 Å². The maximum atomic E-state index is 11.8. The molecule has 1 aliphatic heterocycles. The first kappa shape index (κ1) is 33.0. The molecule has 0 aliphatic carbocycles. The van der Waals surface area contributed by atoms with E-state index in [0.29, 0.717) is 42.7 Å². The first-order valence-electron chi connectivity index (χ1n) is 14.8. The normalized spacial score (nSPS) is 14.9. The quantitative estimate of drug-likeness (QED) is 0.114. The molecule has 238 valence electrons. The van der Waals surface area contributed by atoms with Gasteiger partial charge in [-0.2, -0.15) is 16.8 Å². The van der Waals surface area contributed by atoms with E-state index < -0.39 is 26.0 Å². The number of hydrogen-bond acceptors (Lipinski definition) is 7. The van der Waals surface area contributed by atoms with Crippen LogP contribution in [0.2, 0.25) is 0 Å². The van der Waals surface area contributed by atoms with Gasteiger partial charge in [-0.3, -0.25) is 9.11 Å². The van der Waals surface area contributed by atoms with E-state index in [9.17, 15) is 25.9 Å². The highest BCUT2D eigenvalue weighted by molar-refractivity contribution is 8.03. The summed E-state index contributed by atoms with van der Waals surface area (Å²) in [5.74, 6) is -0.168.